The fourth-order valence-corrected chi connectivity index (χ4v) is 3.45. The number of allylic oxidation sites excluding steroid dienone is 1. The normalized spacial score (nSPS) is 14.4. The molecule has 30 heavy (non-hydrogen) atoms. The van der Waals surface area contributed by atoms with E-state index in [2.05, 4.69) is 10.3 Å². The van der Waals surface area contributed by atoms with Crippen molar-refractivity contribution in [3.63, 3.8) is 0 Å². The first-order valence-corrected chi connectivity index (χ1v) is 9.51. The molecule has 3 aromatic rings. The van der Waals surface area contributed by atoms with Crippen LogP contribution >= 0.6 is 11.6 Å². The van der Waals surface area contributed by atoms with E-state index in [9.17, 15) is 14.4 Å². The molecule has 1 amide bonds. The van der Waals surface area contributed by atoms with Crippen LogP contribution in [0, 0.1) is 0 Å². The Bertz CT molecular complexity index is 1290. The second-order valence-corrected chi connectivity index (χ2v) is 7.19. The molecule has 2 heterocycles. The van der Waals surface area contributed by atoms with Gasteiger partial charge in [0.05, 0.1) is 10.9 Å². The predicted octanol–water partition coefficient (Wildman–Crippen LogP) is 3.57. The van der Waals surface area contributed by atoms with Crippen LogP contribution < -0.4 is 10.9 Å². The number of rotatable bonds is 4. The van der Waals surface area contributed by atoms with Gasteiger partial charge in [0.25, 0.3) is 5.56 Å². The lowest BCUT2D eigenvalue weighted by Crippen LogP contribution is -2.21. The zero-order valence-electron chi connectivity index (χ0n) is 15.6. The van der Waals surface area contributed by atoms with Gasteiger partial charge in [0.1, 0.15) is 5.82 Å². The Hall–Kier alpha value is -3.71. The number of carboxylic acids is 1. The largest absolute Gasteiger partial charge is 0.478 e. The molecular weight excluding hydrogens is 406 g/mol. The van der Waals surface area contributed by atoms with Crippen molar-refractivity contribution in [2.45, 2.75) is 13.0 Å². The maximum atomic E-state index is 12.9. The fraction of sp³-hybridized carbons (Fsp3) is 0.0909. The molecule has 0 spiro atoms. The minimum absolute atomic E-state index is 0.141. The van der Waals surface area contributed by atoms with Crippen molar-refractivity contribution in [2.75, 3.05) is 5.32 Å². The van der Waals surface area contributed by atoms with Crippen LogP contribution in [0.5, 0.6) is 0 Å². The molecule has 0 aliphatic carbocycles. The van der Waals surface area contributed by atoms with Gasteiger partial charge < -0.3 is 10.4 Å². The summed E-state index contributed by atoms with van der Waals surface area (Å²) in [5, 5.41) is 12.3. The highest BCUT2D eigenvalue weighted by atomic mass is 35.5. The molecule has 2 aromatic carbocycles. The second-order valence-electron chi connectivity index (χ2n) is 6.76. The number of benzene rings is 2. The Labute approximate surface area is 175 Å². The van der Waals surface area contributed by atoms with E-state index in [1.54, 1.807) is 34.9 Å². The highest BCUT2D eigenvalue weighted by Gasteiger charge is 2.21. The van der Waals surface area contributed by atoms with E-state index >= 15 is 0 Å². The number of carboxylic acid groups (broad SMARTS) is 1. The molecule has 0 atom stereocenters. The molecule has 1 aromatic heterocycles. The van der Waals surface area contributed by atoms with Crippen LogP contribution in [-0.4, -0.2) is 26.5 Å². The summed E-state index contributed by atoms with van der Waals surface area (Å²) in [7, 11) is 0. The average Bonchev–Trinajstić information content (AvgIpc) is 3.11. The van der Waals surface area contributed by atoms with Gasteiger partial charge in [0.2, 0.25) is 5.91 Å². The molecule has 0 unspecified atom stereocenters. The van der Waals surface area contributed by atoms with Crippen molar-refractivity contribution in [3.8, 4) is 0 Å². The van der Waals surface area contributed by atoms with Crippen LogP contribution in [0.2, 0.25) is 5.02 Å². The minimum atomic E-state index is -1.21. The molecule has 4 rings (SSSR count). The summed E-state index contributed by atoms with van der Waals surface area (Å²) in [6, 6.07) is 12.2. The lowest BCUT2D eigenvalue weighted by molar-refractivity contribution is -0.131. The van der Waals surface area contributed by atoms with Gasteiger partial charge in [-0.05, 0) is 54.0 Å². The SMILES string of the molecule is O=C(O)/C=C\C(=O)Nc1ccc2c(=O)n3c(nc2c1)/C(=C/c1ccc(Cl)cc1)CC3. The number of carbonyl (C=O) groups excluding carboxylic acids is 1. The van der Waals surface area contributed by atoms with Gasteiger partial charge in [-0.2, -0.15) is 0 Å². The Balaban J connectivity index is 1.71. The number of hydrogen-bond donors (Lipinski definition) is 2. The number of nitrogens with zero attached hydrogens (tertiary/aromatic N) is 2. The van der Waals surface area contributed by atoms with Gasteiger partial charge in [-0.1, -0.05) is 23.7 Å². The Kier molecular flexibility index (Phi) is 5.20. The Morgan fingerprint density at radius 3 is 2.63 bits per heavy atom. The van der Waals surface area contributed by atoms with Gasteiger partial charge in [-0.15, -0.1) is 0 Å². The lowest BCUT2D eigenvalue weighted by Gasteiger charge is -2.08. The van der Waals surface area contributed by atoms with Crippen molar-refractivity contribution in [3.05, 3.63) is 81.4 Å². The van der Waals surface area contributed by atoms with Crippen LogP contribution in [0.25, 0.3) is 22.6 Å². The second kappa shape index (κ2) is 7.96. The monoisotopic (exact) mass is 421 g/mol. The zero-order chi connectivity index (χ0) is 21.3. The molecule has 0 fully saturated rings. The van der Waals surface area contributed by atoms with Crippen molar-refractivity contribution >= 4 is 51.7 Å². The lowest BCUT2D eigenvalue weighted by atomic mass is 10.1. The molecule has 150 valence electrons. The molecule has 8 heteroatoms. The summed E-state index contributed by atoms with van der Waals surface area (Å²) in [5.74, 6) is -1.21. The number of amides is 1. The number of carbonyl (C=O) groups is 2. The summed E-state index contributed by atoms with van der Waals surface area (Å²) in [6.07, 6.45) is 4.34. The van der Waals surface area contributed by atoms with Crippen LogP contribution in [0.1, 0.15) is 17.8 Å². The third kappa shape index (κ3) is 4.01. The fourth-order valence-electron chi connectivity index (χ4n) is 3.32. The van der Waals surface area contributed by atoms with Crippen molar-refractivity contribution in [1.82, 2.24) is 9.55 Å². The van der Waals surface area contributed by atoms with Gasteiger partial charge in [-0.3, -0.25) is 14.2 Å². The number of aliphatic carboxylic acids is 1. The maximum Gasteiger partial charge on any atom is 0.328 e. The summed E-state index contributed by atoms with van der Waals surface area (Å²) in [4.78, 5) is 39.9. The van der Waals surface area contributed by atoms with Gasteiger partial charge >= 0.3 is 5.97 Å². The molecule has 7 nitrogen and oxygen atoms in total. The van der Waals surface area contributed by atoms with E-state index in [0.29, 0.717) is 40.4 Å². The molecule has 1 aliphatic heterocycles. The molecule has 2 N–H and O–H groups in total. The molecule has 0 saturated heterocycles. The van der Waals surface area contributed by atoms with Crippen LogP contribution in [0.15, 0.2) is 59.4 Å². The quantitative estimate of drug-likeness (QED) is 0.627. The first kappa shape index (κ1) is 19.6. The van der Waals surface area contributed by atoms with Crippen molar-refractivity contribution < 1.29 is 14.7 Å². The van der Waals surface area contributed by atoms with E-state index in [-0.39, 0.29) is 5.56 Å². The number of anilines is 1. The Morgan fingerprint density at radius 2 is 1.90 bits per heavy atom. The number of hydrogen-bond acceptors (Lipinski definition) is 4. The predicted molar refractivity (Wildman–Crippen MR) is 115 cm³/mol. The van der Waals surface area contributed by atoms with E-state index < -0.39 is 11.9 Å². The third-order valence-corrected chi connectivity index (χ3v) is 4.95. The topological polar surface area (TPSA) is 101 Å². The summed E-state index contributed by atoms with van der Waals surface area (Å²) in [5.41, 5.74) is 2.63. The minimum Gasteiger partial charge on any atom is -0.478 e. The first-order chi connectivity index (χ1) is 14.4. The third-order valence-electron chi connectivity index (χ3n) is 4.70. The van der Waals surface area contributed by atoms with Crippen molar-refractivity contribution in [2.24, 2.45) is 0 Å². The van der Waals surface area contributed by atoms with E-state index in [1.165, 1.54) is 0 Å². The Morgan fingerprint density at radius 1 is 1.13 bits per heavy atom. The molecular formula is C22H16ClN3O4. The highest BCUT2D eigenvalue weighted by molar-refractivity contribution is 6.30. The van der Waals surface area contributed by atoms with Crippen LogP contribution in [0.3, 0.4) is 0 Å². The molecule has 1 aliphatic rings. The smallest absolute Gasteiger partial charge is 0.328 e. The first-order valence-electron chi connectivity index (χ1n) is 9.14. The van der Waals surface area contributed by atoms with Crippen molar-refractivity contribution in [1.29, 1.82) is 0 Å². The van der Waals surface area contributed by atoms with E-state index in [1.807, 2.05) is 18.2 Å². The summed E-state index contributed by atoms with van der Waals surface area (Å²) in [6.45, 7) is 0.551. The van der Waals surface area contributed by atoms with Gasteiger partial charge in [-0.25, -0.2) is 9.78 Å². The average molecular weight is 422 g/mol. The summed E-state index contributed by atoms with van der Waals surface area (Å²) < 4.78 is 1.65. The van der Waals surface area contributed by atoms with Gasteiger partial charge in [0.15, 0.2) is 0 Å². The van der Waals surface area contributed by atoms with E-state index in [4.69, 9.17) is 16.7 Å². The number of aromatic nitrogens is 2. The standard InChI is InChI=1S/C22H16ClN3O4/c23-15-3-1-13(2-4-15)11-14-9-10-26-21(14)25-18-12-16(5-6-17(18)22(26)30)24-19(27)7-8-20(28)29/h1-8,11-12H,9-10H2,(H,24,27)(H,28,29)/b8-7-,14-11+. The number of fused-ring (bicyclic) bond motifs is 2. The van der Waals surface area contributed by atoms with Crippen LogP contribution in [0.4, 0.5) is 5.69 Å². The number of nitrogens with one attached hydrogen (secondary N) is 1. The van der Waals surface area contributed by atoms with Crippen LogP contribution in [-0.2, 0) is 16.1 Å². The maximum absolute atomic E-state index is 12.9. The zero-order valence-corrected chi connectivity index (χ0v) is 16.4. The summed E-state index contributed by atoms with van der Waals surface area (Å²) >= 11 is 5.94. The highest BCUT2D eigenvalue weighted by Crippen LogP contribution is 2.28. The van der Waals surface area contributed by atoms with Gasteiger partial charge in [0, 0.05) is 29.4 Å². The van der Waals surface area contributed by atoms with E-state index in [0.717, 1.165) is 23.3 Å². The molecule has 0 saturated carbocycles. The molecule has 0 radical (unpaired) electrons. The number of halogens is 1. The molecule has 0 bridgehead atoms.